The van der Waals surface area contributed by atoms with Crippen molar-refractivity contribution in [2.24, 2.45) is 0 Å². The number of unbranched alkanes of at least 4 members (excludes halogenated alkanes) is 13. The lowest BCUT2D eigenvalue weighted by molar-refractivity contribution is -0.167. The van der Waals surface area contributed by atoms with Gasteiger partial charge < -0.3 is 14.2 Å². The molecule has 440 valence electrons. The van der Waals surface area contributed by atoms with Crippen LogP contribution in [0.4, 0.5) is 0 Å². The molecular weight excluding hydrogens is 973 g/mol. The van der Waals surface area contributed by atoms with Gasteiger partial charge in [0.15, 0.2) is 6.10 Å². The Labute approximate surface area is 484 Å². The highest BCUT2D eigenvalue weighted by Crippen LogP contribution is 2.13. The molecule has 0 rings (SSSR count). The summed E-state index contributed by atoms with van der Waals surface area (Å²) >= 11 is 0. The quantitative estimate of drug-likeness (QED) is 0.0261. The molecule has 1 unspecified atom stereocenters. The molecule has 1 atom stereocenters. The number of carbonyl (C=O) groups excluding carboxylic acids is 3. The first-order valence-corrected chi connectivity index (χ1v) is 31.3. The van der Waals surface area contributed by atoms with E-state index in [0.717, 1.165) is 186 Å². The molecule has 0 aliphatic carbocycles. The summed E-state index contributed by atoms with van der Waals surface area (Å²) in [7, 11) is 0. The molecule has 0 aromatic rings. The lowest BCUT2D eigenvalue weighted by Gasteiger charge is -2.18. The molecule has 0 aliphatic rings. The van der Waals surface area contributed by atoms with E-state index in [1.807, 2.05) is 0 Å². The van der Waals surface area contributed by atoms with Gasteiger partial charge in [-0.1, -0.05) is 261 Å². The van der Waals surface area contributed by atoms with E-state index in [9.17, 15) is 14.4 Å². The normalized spacial score (nSPS) is 13.4. The summed E-state index contributed by atoms with van der Waals surface area (Å²) in [6.45, 7) is 6.27. The molecular formula is C73H112O6. The number of carbonyl (C=O) groups is 3. The van der Waals surface area contributed by atoms with Gasteiger partial charge in [0.05, 0.1) is 0 Å². The fourth-order valence-corrected chi connectivity index (χ4v) is 7.79. The second-order valence-corrected chi connectivity index (χ2v) is 19.9. The van der Waals surface area contributed by atoms with Crippen LogP contribution >= 0.6 is 0 Å². The Morgan fingerprint density at radius 3 is 0.785 bits per heavy atom. The van der Waals surface area contributed by atoms with Gasteiger partial charge in [0.2, 0.25) is 0 Å². The van der Waals surface area contributed by atoms with E-state index in [4.69, 9.17) is 14.2 Å². The highest BCUT2D eigenvalue weighted by Gasteiger charge is 2.19. The molecule has 0 amide bonds. The van der Waals surface area contributed by atoms with Crippen LogP contribution in [0, 0.1) is 0 Å². The Balaban J connectivity index is 4.23. The second kappa shape index (κ2) is 65.0. The monoisotopic (exact) mass is 1080 g/mol. The van der Waals surface area contributed by atoms with Crippen molar-refractivity contribution in [3.8, 4) is 0 Å². The number of hydrogen-bond donors (Lipinski definition) is 0. The zero-order valence-electron chi connectivity index (χ0n) is 50.3. The number of rotatable bonds is 54. The van der Waals surface area contributed by atoms with Crippen LogP contribution in [0.15, 0.2) is 182 Å². The first-order chi connectivity index (χ1) is 39.0. The smallest absolute Gasteiger partial charge is 0.306 e. The molecule has 6 heteroatoms. The average Bonchev–Trinajstić information content (AvgIpc) is 3.45. The van der Waals surface area contributed by atoms with Gasteiger partial charge in [-0.2, -0.15) is 0 Å². The molecule has 0 aromatic carbocycles. The minimum Gasteiger partial charge on any atom is -0.462 e. The van der Waals surface area contributed by atoms with E-state index < -0.39 is 6.10 Å². The van der Waals surface area contributed by atoms with Crippen molar-refractivity contribution in [1.82, 2.24) is 0 Å². The zero-order chi connectivity index (χ0) is 57.1. The molecule has 0 aromatic heterocycles. The molecule has 79 heavy (non-hydrogen) atoms. The van der Waals surface area contributed by atoms with Crippen LogP contribution in [0.25, 0.3) is 0 Å². The predicted molar refractivity (Wildman–Crippen MR) is 343 cm³/mol. The van der Waals surface area contributed by atoms with E-state index in [0.29, 0.717) is 19.3 Å². The van der Waals surface area contributed by atoms with Crippen LogP contribution in [0.3, 0.4) is 0 Å². The molecule has 6 nitrogen and oxygen atoms in total. The van der Waals surface area contributed by atoms with E-state index in [-0.39, 0.29) is 31.1 Å². The van der Waals surface area contributed by atoms with E-state index in [1.165, 1.54) is 12.8 Å². The summed E-state index contributed by atoms with van der Waals surface area (Å²) in [6, 6.07) is 0. The fraction of sp³-hybridized carbons (Fsp3) is 0.548. The Hall–Kier alpha value is -5.49. The van der Waals surface area contributed by atoms with Crippen LogP contribution < -0.4 is 0 Å². The van der Waals surface area contributed by atoms with Gasteiger partial charge in [0.1, 0.15) is 13.2 Å². The molecule has 0 bridgehead atoms. The van der Waals surface area contributed by atoms with Crippen LogP contribution in [0.5, 0.6) is 0 Å². The third-order valence-electron chi connectivity index (χ3n) is 12.4. The maximum atomic E-state index is 12.8. The second-order valence-electron chi connectivity index (χ2n) is 19.9. The van der Waals surface area contributed by atoms with Crippen molar-refractivity contribution in [3.05, 3.63) is 182 Å². The van der Waals surface area contributed by atoms with E-state index in [1.54, 1.807) is 0 Å². The van der Waals surface area contributed by atoms with Crippen LogP contribution in [0.2, 0.25) is 0 Å². The van der Waals surface area contributed by atoms with Gasteiger partial charge in [-0.3, -0.25) is 14.4 Å². The first-order valence-electron chi connectivity index (χ1n) is 31.3. The molecule has 0 heterocycles. The zero-order valence-corrected chi connectivity index (χ0v) is 50.3. The molecule has 0 spiro atoms. The molecule has 0 fully saturated rings. The van der Waals surface area contributed by atoms with Gasteiger partial charge in [-0.05, 0) is 141 Å². The summed E-state index contributed by atoms with van der Waals surface area (Å²) in [4.78, 5) is 37.9. The number of allylic oxidation sites excluding steroid dienone is 30. The lowest BCUT2D eigenvalue weighted by Crippen LogP contribution is -2.30. The van der Waals surface area contributed by atoms with Crippen LogP contribution in [-0.2, 0) is 28.6 Å². The van der Waals surface area contributed by atoms with Crippen molar-refractivity contribution in [1.29, 1.82) is 0 Å². The Kier molecular flexibility index (Phi) is 60.5. The van der Waals surface area contributed by atoms with Gasteiger partial charge >= 0.3 is 17.9 Å². The van der Waals surface area contributed by atoms with E-state index >= 15 is 0 Å². The predicted octanol–water partition coefficient (Wildman–Crippen LogP) is 21.7. The molecule has 0 N–H and O–H groups in total. The van der Waals surface area contributed by atoms with E-state index in [2.05, 4.69) is 203 Å². The van der Waals surface area contributed by atoms with Gasteiger partial charge in [0, 0.05) is 19.3 Å². The van der Waals surface area contributed by atoms with Gasteiger partial charge in [-0.15, -0.1) is 0 Å². The third kappa shape index (κ3) is 63.2. The average molecular weight is 1090 g/mol. The van der Waals surface area contributed by atoms with Crippen molar-refractivity contribution < 1.29 is 28.6 Å². The first kappa shape index (κ1) is 73.5. The number of esters is 3. The molecule has 0 radical (unpaired) electrons. The summed E-state index contributed by atoms with van der Waals surface area (Å²) in [5.41, 5.74) is 0. The van der Waals surface area contributed by atoms with Crippen molar-refractivity contribution >= 4 is 17.9 Å². The number of hydrogen-bond acceptors (Lipinski definition) is 6. The topological polar surface area (TPSA) is 78.9 Å². The number of ether oxygens (including phenoxy) is 3. The summed E-state index contributed by atoms with van der Waals surface area (Å²) in [6.07, 6.45) is 97.9. The minimum atomic E-state index is -0.807. The SMILES string of the molecule is CC/C=C\C/C=C\C/C=C\C/C=C\C/C=C\C/C=C\C/C=C\C/C=C\C/C=C\CCCCCC(=O)OCC(COC(=O)CCCCCCC)OC(=O)CCCCCCCC/C=C\C/C=C\C/C=C\C/C=C\C/C=C\C/C=C\CC. The summed E-state index contributed by atoms with van der Waals surface area (Å²) in [5.74, 6) is -0.978. The lowest BCUT2D eigenvalue weighted by atomic mass is 10.1. The largest absolute Gasteiger partial charge is 0.462 e. The maximum Gasteiger partial charge on any atom is 0.306 e. The maximum absolute atomic E-state index is 12.8. The summed E-state index contributed by atoms with van der Waals surface area (Å²) in [5, 5.41) is 0. The fourth-order valence-electron chi connectivity index (χ4n) is 7.79. The van der Waals surface area contributed by atoms with Crippen molar-refractivity contribution in [2.45, 2.75) is 245 Å². The minimum absolute atomic E-state index is 0.104. The van der Waals surface area contributed by atoms with Crippen molar-refractivity contribution in [2.75, 3.05) is 13.2 Å². The Morgan fingerprint density at radius 2 is 0.494 bits per heavy atom. The van der Waals surface area contributed by atoms with Crippen LogP contribution in [-0.4, -0.2) is 37.2 Å². The highest BCUT2D eigenvalue weighted by molar-refractivity contribution is 5.71. The standard InChI is InChI=1S/C73H112O6/c1-4-7-10-13-15-17-19-21-23-25-27-29-31-33-34-35-36-37-38-40-41-43-45-47-49-51-53-55-57-60-63-66-72(75)78-69-70(68-77-71(74)65-62-59-12-9-6-3)79-73(76)67-64-61-58-56-54-52-50-48-46-44-42-39-32-30-28-26-24-22-20-18-16-14-11-8-5-2/h7-8,10-11,15-18,21-24,27-30,33-34,36-37,39-42,45-48,51,53,70H,4-6,9,12-14,19-20,25-26,31-32,35,38,43-44,49-50,52,54-69H2,1-3H3/b10-7-,11-8-,17-15-,18-16-,23-21-,24-22-,29-27-,30-28-,34-33-,37-36-,41-40-,42-39-,47-45-,48-46-,53-51-. The molecule has 0 saturated carbocycles. The molecule has 0 saturated heterocycles. The van der Waals surface area contributed by atoms with Gasteiger partial charge in [0.25, 0.3) is 0 Å². The highest BCUT2D eigenvalue weighted by atomic mass is 16.6. The van der Waals surface area contributed by atoms with Crippen LogP contribution in [0.1, 0.15) is 239 Å². The van der Waals surface area contributed by atoms with Crippen molar-refractivity contribution in [3.63, 3.8) is 0 Å². The summed E-state index contributed by atoms with van der Waals surface area (Å²) < 4.78 is 16.7. The molecule has 0 aliphatic heterocycles. The Bertz CT molecular complexity index is 1870. The van der Waals surface area contributed by atoms with Gasteiger partial charge in [-0.25, -0.2) is 0 Å². The third-order valence-corrected chi connectivity index (χ3v) is 12.4. The Morgan fingerprint density at radius 1 is 0.266 bits per heavy atom.